The number of aliphatic hydroxyl groups excluding tert-OH is 1. The van der Waals surface area contributed by atoms with Gasteiger partial charge in [-0.25, -0.2) is 8.42 Å². The topological polar surface area (TPSA) is 107 Å². The van der Waals surface area contributed by atoms with Gasteiger partial charge in [0.15, 0.2) is 0 Å². The molecule has 1 unspecified atom stereocenters. The molecule has 0 aromatic heterocycles. The van der Waals surface area contributed by atoms with Gasteiger partial charge in [0.05, 0.1) is 12.8 Å². The average molecular weight is 496 g/mol. The lowest BCUT2D eigenvalue weighted by Gasteiger charge is -2.31. The molecule has 2 aromatic rings. The summed E-state index contributed by atoms with van der Waals surface area (Å²) < 4.78 is 25.9. The first-order valence-corrected chi connectivity index (χ1v) is 12.8. The number of carbonyl (C=O) groups excluding carboxylic acids is 2. The third kappa shape index (κ3) is 8.77. The van der Waals surface area contributed by atoms with Crippen LogP contribution in [0.4, 0.5) is 0 Å². The number of hydrogen-bond donors (Lipinski definition) is 2. The van der Waals surface area contributed by atoms with Crippen LogP contribution in [0.3, 0.4) is 0 Å². The van der Waals surface area contributed by atoms with Crippen LogP contribution >= 0.6 is 11.6 Å². The van der Waals surface area contributed by atoms with Crippen LogP contribution in [-0.2, 0) is 32.7 Å². The van der Waals surface area contributed by atoms with Crippen molar-refractivity contribution >= 4 is 33.4 Å². The molecule has 2 amide bonds. The van der Waals surface area contributed by atoms with Gasteiger partial charge < -0.3 is 15.3 Å². The normalized spacial score (nSPS) is 12.4. The minimum absolute atomic E-state index is 0.0390. The molecular formula is C23H30ClN3O5S. The highest BCUT2D eigenvalue weighted by atomic mass is 35.5. The predicted molar refractivity (Wildman–Crippen MR) is 128 cm³/mol. The number of carbonyl (C=O) groups is 2. The second kappa shape index (κ2) is 12.7. The van der Waals surface area contributed by atoms with Crippen molar-refractivity contribution in [1.82, 2.24) is 14.5 Å². The zero-order chi connectivity index (χ0) is 24.4. The summed E-state index contributed by atoms with van der Waals surface area (Å²) in [6.45, 7) is 1.53. The number of nitrogens with one attached hydrogen (secondary N) is 1. The van der Waals surface area contributed by atoms with Crippen LogP contribution in [0, 0.1) is 0 Å². The van der Waals surface area contributed by atoms with Crippen molar-refractivity contribution in [3.8, 4) is 0 Å². The number of aliphatic hydroxyl groups is 1. The van der Waals surface area contributed by atoms with Crippen LogP contribution in [0.1, 0.15) is 24.5 Å². The summed E-state index contributed by atoms with van der Waals surface area (Å²) in [5, 5.41) is 12.2. The fraction of sp³-hybridized carbons (Fsp3) is 0.391. The Hall–Kier alpha value is -2.46. The summed E-state index contributed by atoms with van der Waals surface area (Å²) in [5.74, 6) is -0.893. The third-order valence-corrected chi connectivity index (χ3v) is 6.50. The first-order valence-electron chi connectivity index (χ1n) is 10.5. The lowest BCUT2D eigenvalue weighted by Crippen LogP contribution is -2.51. The summed E-state index contributed by atoms with van der Waals surface area (Å²) in [7, 11) is -3.69. The Morgan fingerprint density at radius 1 is 1.03 bits per heavy atom. The number of hydrogen-bond acceptors (Lipinski definition) is 5. The van der Waals surface area contributed by atoms with Gasteiger partial charge in [-0.05, 0) is 36.6 Å². The minimum Gasteiger partial charge on any atom is -0.396 e. The standard InChI is InChI=1S/C23H30ClN3O5S/c1-18(23(30)25-13-6-14-28)27(16-20-9-11-21(24)12-10-20)22(29)17-26(33(2,31)32)15-19-7-4-3-5-8-19/h3-5,7-12,18,28H,6,13-17H2,1-2H3,(H,25,30). The van der Waals surface area contributed by atoms with Crippen LogP contribution in [0.5, 0.6) is 0 Å². The number of sulfonamides is 1. The molecule has 0 radical (unpaired) electrons. The second-order valence-electron chi connectivity index (χ2n) is 7.71. The maximum atomic E-state index is 13.3. The zero-order valence-electron chi connectivity index (χ0n) is 18.8. The Bertz CT molecular complexity index is 1020. The molecule has 0 aliphatic carbocycles. The van der Waals surface area contributed by atoms with Gasteiger partial charge in [-0.15, -0.1) is 0 Å². The van der Waals surface area contributed by atoms with E-state index in [0.29, 0.717) is 11.4 Å². The highest BCUT2D eigenvalue weighted by Crippen LogP contribution is 2.15. The molecule has 0 heterocycles. The van der Waals surface area contributed by atoms with E-state index in [4.69, 9.17) is 16.7 Å². The summed E-state index contributed by atoms with van der Waals surface area (Å²) in [6.07, 6.45) is 1.44. The van der Waals surface area contributed by atoms with Crippen LogP contribution < -0.4 is 5.32 Å². The molecular weight excluding hydrogens is 466 g/mol. The van der Waals surface area contributed by atoms with Gasteiger partial charge in [-0.2, -0.15) is 4.31 Å². The lowest BCUT2D eigenvalue weighted by atomic mass is 10.1. The first-order chi connectivity index (χ1) is 15.6. The highest BCUT2D eigenvalue weighted by molar-refractivity contribution is 7.88. The van der Waals surface area contributed by atoms with E-state index in [1.165, 1.54) is 4.90 Å². The molecule has 8 nitrogen and oxygen atoms in total. The van der Waals surface area contributed by atoms with Crippen molar-refractivity contribution in [2.24, 2.45) is 0 Å². The maximum Gasteiger partial charge on any atom is 0.242 e. The van der Waals surface area contributed by atoms with Crippen LogP contribution in [0.15, 0.2) is 54.6 Å². The van der Waals surface area contributed by atoms with Gasteiger partial charge in [-0.3, -0.25) is 9.59 Å². The van der Waals surface area contributed by atoms with E-state index >= 15 is 0 Å². The van der Waals surface area contributed by atoms with Gasteiger partial charge in [0.1, 0.15) is 6.04 Å². The second-order valence-corrected chi connectivity index (χ2v) is 10.1. The molecule has 0 saturated carbocycles. The first kappa shape index (κ1) is 26.8. The molecule has 0 bridgehead atoms. The van der Waals surface area contributed by atoms with Crippen LogP contribution in [0.25, 0.3) is 0 Å². The average Bonchev–Trinajstić information content (AvgIpc) is 2.78. The number of amides is 2. The van der Waals surface area contributed by atoms with E-state index in [1.807, 2.05) is 6.07 Å². The monoisotopic (exact) mass is 495 g/mol. The van der Waals surface area contributed by atoms with Crippen molar-refractivity contribution in [1.29, 1.82) is 0 Å². The van der Waals surface area contributed by atoms with E-state index in [0.717, 1.165) is 21.7 Å². The molecule has 180 valence electrons. The summed E-state index contributed by atoms with van der Waals surface area (Å²) in [6, 6.07) is 15.0. The Morgan fingerprint density at radius 3 is 2.21 bits per heavy atom. The molecule has 2 rings (SSSR count). The van der Waals surface area contributed by atoms with E-state index in [1.54, 1.807) is 55.5 Å². The molecule has 1 atom stereocenters. The third-order valence-electron chi connectivity index (χ3n) is 5.05. The molecule has 2 aromatic carbocycles. The van der Waals surface area contributed by atoms with Crippen molar-refractivity contribution in [3.05, 3.63) is 70.7 Å². The van der Waals surface area contributed by atoms with E-state index in [2.05, 4.69) is 5.32 Å². The summed E-state index contributed by atoms with van der Waals surface area (Å²) in [5.41, 5.74) is 1.49. The van der Waals surface area contributed by atoms with Crippen LogP contribution in [-0.4, -0.2) is 66.5 Å². The molecule has 0 saturated heterocycles. The molecule has 0 aliphatic heterocycles. The molecule has 0 spiro atoms. The van der Waals surface area contributed by atoms with E-state index in [9.17, 15) is 18.0 Å². The minimum atomic E-state index is -3.69. The molecule has 10 heteroatoms. The summed E-state index contributed by atoms with van der Waals surface area (Å²) >= 11 is 5.95. The highest BCUT2D eigenvalue weighted by Gasteiger charge is 2.29. The zero-order valence-corrected chi connectivity index (χ0v) is 20.3. The Labute approximate surface area is 200 Å². The Kier molecular flexibility index (Phi) is 10.3. The number of benzene rings is 2. The smallest absolute Gasteiger partial charge is 0.242 e. The summed E-state index contributed by atoms with van der Waals surface area (Å²) in [4.78, 5) is 27.3. The number of nitrogens with zero attached hydrogens (tertiary/aromatic N) is 2. The largest absolute Gasteiger partial charge is 0.396 e. The van der Waals surface area contributed by atoms with Gasteiger partial charge in [-0.1, -0.05) is 54.1 Å². The number of halogens is 1. The molecule has 0 aliphatic rings. The molecule has 2 N–H and O–H groups in total. The van der Waals surface area contributed by atoms with Gasteiger partial charge in [0.25, 0.3) is 0 Å². The quantitative estimate of drug-likeness (QED) is 0.438. The van der Waals surface area contributed by atoms with Gasteiger partial charge >= 0.3 is 0 Å². The SMILES string of the molecule is CC(C(=O)NCCCO)N(Cc1ccc(Cl)cc1)C(=O)CN(Cc1ccccc1)S(C)(=O)=O. The van der Waals surface area contributed by atoms with Crippen molar-refractivity contribution < 1.29 is 23.1 Å². The number of rotatable bonds is 12. The maximum absolute atomic E-state index is 13.3. The lowest BCUT2D eigenvalue weighted by molar-refractivity contribution is -0.140. The van der Waals surface area contributed by atoms with Gasteiger partial charge in [0, 0.05) is 31.3 Å². The van der Waals surface area contributed by atoms with Crippen LogP contribution in [0.2, 0.25) is 5.02 Å². The van der Waals surface area contributed by atoms with E-state index in [-0.39, 0.29) is 32.1 Å². The van der Waals surface area contributed by atoms with Crippen molar-refractivity contribution in [2.75, 3.05) is 26.0 Å². The van der Waals surface area contributed by atoms with Gasteiger partial charge in [0.2, 0.25) is 21.8 Å². The molecule has 33 heavy (non-hydrogen) atoms. The van der Waals surface area contributed by atoms with Crippen molar-refractivity contribution in [3.63, 3.8) is 0 Å². The Morgan fingerprint density at radius 2 is 1.64 bits per heavy atom. The Balaban J connectivity index is 2.25. The fourth-order valence-electron chi connectivity index (χ4n) is 3.13. The molecule has 0 fully saturated rings. The fourth-order valence-corrected chi connectivity index (χ4v) is 3.98. The predicted octanol–water partition coefficient (Wildman–Crippen LogP) is 2.02. The van der Waals surface area contributed by atoms with E-state index < -0.39 is 28.5 Å². The van der Waals surface area contributed by atoms with Crippen molar-refractivity contribution in [2.45, 2.75) is 32.5 Å².